The van der Waals surface area contributed by atoms with Crippen molar-refractivity contribution in [1.82, 2.24) is 20.9 Å². The second-order valence-electron chi connectivity index (χ2n) is 11.7. The fourth-order valence-corrected chi connectivity index (χ4v) is 10.3. The number of nitrogens with zero attached hydrogens (tertiary/aromatic N) is 2. The molecule has 4 amide bonds. The molecule has 4 atom stereocenters. The zero-order valence-corrected chi connectivity index (χ0v) is 22.6. The molecular weight excluding hydrogens is 570 g/mol. The first-order chi connectivity index (χ1) is 18.0. The van der Waals surface area contributed by atoms with E-state index in [2.05, 4.69) is 16.0 Å². The second-order valence-corrected chi connectivity index (χ2v) is 13.8. The summed E-state index contributed by atoms with van der Waals surface area (Å²) in [5.74, 6) is -2.84. The second kappa shape index (κ2) is 10.3. The fourth-order valence-electron chi connectivity index (χ4n) is 7.83. The predicted molar refractivity (Wildman–Crippen MR) is 128 cm³/mol. The van der Waals surface area contributed by atoms with Crippen LogP contribution in [0.4, 0.5) is 13.2 Å². The summed E-state index contributed by atoms with van der Waals surface area (Å²) in [6.45, 7) is 0.512. The molecule has 2 aliphatic heterocycles. The van der Waals surface area contributed by atoms with E-state index in [4.69, 9.17) is 0 Å². The molecule has 208 valence electrons. The Kier molecular flexibility index (Phi) is 7.42. The van der Waals surface area contributed by atoms with Gasteiger partial charge in [-0.25, -0.2) is 0 Å². The van der Waals surface area contributed by atoms with Crippen LogP contribution in [-0.4, -0.2) is 79.8 Å². The zero-order chi connectivity index (χ0) is 27.2. The number of carbonyl (C=O) groups excluding carboxylic acids is 4. The van der Waals surface area contributed by atoms with Crippen LogP contribution < -0.4 is 16.0 Å². The van der Waals surface area contributed by atoms with Gasteiger partial charge in [0.2, 0.25) is 0 Å². The summed E-state index contributed by atoms with van der Waals surface area (Å²) in [5.41, 5.74) is -0.495. The molecule has 6 aliphatic rings. The molecule has 4 saturated carbocycles. The van der Waals surface area contributed by atoms with Crippen molar-refractivity contribution in [3.05, 3.63) is 0 Å². The Balaban J connectivity index is 1.34. The summed E-state index contributed by atoms with van der Waals surface area (Å²) in [4.78, 5) is 52.6. The van der Waals surface area contributed by atoms with Crippen molar-refractivity contribution in [1.29, 1.82) is 5.26 Å². The molecule has 38 heavy (non-hydrogen) atoms. The Labute approximate surface area is 225 Å². The van der Waals surface area contributed by atoms with Gasteiger partial charge in [0.1, 0.15) is 0 Å². The molecule has 4 aliphatic carbocycles. The summed E-state index contributed by atoms with van der Waals surface area (Å²) in [7, 11) is 0. The Morgan fingerprint density at radius 2 is 1.76 bits per heavy atom. The number of nitriles is 1. The van der Waals surface area contributed by atoms with Crippen LogP contribution in [0.2, 0.25) is 5.32 Å². The quantitative estimate of drug-likeness (QED) is 0.376. The predicted octanol–water partition coefficient (Wildman–Crippen LogP) is 1.08. The molecule has 13 heteroatoms. The Morgan fingerprint density at radius 3 is 2.29 bits per heavy atom. The summed E-state index contributed by atoms with van der Waals surface area (Å²) in [6, 6.07) is -1.18. The number of hydrogen-bond donors (Lipinski definition) is 3. The van der Waals surface area contributed by atoms with Gasteiger partial charge in [-0.3, -0.25) is 0 Å². The van der Waals surface area contributed by atoms with E-state index in [0.29, 0.717) is 55.3 Å². The summed E-state index contributed by atoms with van der Waals surface area (Å²) in [5, 5.41) is 17.4. The van der Waals surface area contributed by atoms with Gasteiger partial charge in [0.15, 0.2) is 0 Å². The maximum atomic E-state index is 14.0. The normalized spacial score (nSPS) is 35.4. The molecular formula is C25H32F3N5O4Se. The third-order valence-corrected chi connectivity index (χ3v) is 11.2. The van der Waals surface area contributed by atoms with Gasteiger partial charge in [0.25, 0.3) is 0 Å². The number of hydrogen-bond acceptors (Lipinski definition) is 5. The fraction of sp³-hybridized carbons (Fsp3) is 0.800. The first-order valence-electron chi connectivity index (χ1n) is 13.2. The first kappa shape index (κ1) is 27.3. The van der Waals surface area contributed by atoms with Crippen LogP contribution in [0, 0.1) is 40.4 Å². The molecule has 3 N–H and O–H groups in total. The average Bonchev–Trinajstić information content (AvgIpc) is 3.49. The number of nitrogens with one attached hydrogen (secondary N) is 3. The van der Waals surface area contributed by atoms with Crippen molar-refractivity contribution in [2.45, 2.75) is 81.0 Å². The van der Waals surface area contributed by atoms with E-state index in [1.54, 1.807) is 0 Å². The molecule has 0 unspecified atom stereocenters. The van der Waals surface area contributed by atoms with Crippen molar-refractivity contribution < 1.29 is 32.3 Å². The molecule has 0 aromatic heterocycles. The monoisotopic (exact) mass is 603 g/mol. The molecule has 0 aromatic carbocycles. The number of carbonyl (C=O) groups is 4. The first-order valence-corrected chi connectivity index (χ1v) is 15.6. The molecule has 0 aromatic rings. The van der Waals surface area contributed by atoms with Crippen molar-refractivity contribution in [3.63, 3.8) is 0 Å². The van der Waals surface area contributed by atoms with Crippen LogP contribution in [0.25, 0.3) is 0 Å². The van der Waals surface area contributed by atoms with Gasteiger partial charge in [-0.15, -0.1) is 0 Å². The minimum absolute atomic E-state index is 0.134. The number of amides is 4. The van der Waals surface area contributed by atoms with E-state index in [-0.39, 0.29) is 38.6 Å². The molecule has 2 heterocycles. The van der Waals surface area contributed by atoms with Crippen LogP contribution >= 0.6 is 0 Å². The zero-order valence-electron chi connectivity index (χ0n) is 20.9. The van der Waals surface area contributed by atoms with Crippen LogP contribution in [-0.2, 0) is 19.2 Å². The molecule has 0 radical (unpaired) electrons. The van der Waals surface area contributed by atoms with Gasteiger partial charge < -0.3 is 0 Å². The van der Waals surface area contributed by atoms with Gasteiger partial charge in [0, 0.05) is 0 Å². The minimum atomic E-state index is -5.13. The van der Waals surface area contributed by atoms with Gasteiger partial charge in [-0.05, 0) is 0 Å². The van der Waals surface area contributed by atoms with E-state index in [9.17, 15) is 37.6 Å². The molecule has 6 rings (SSSR count). The van der Waals surface area contributed by atoms with E-state index in [1.807, 2.05) is 6.07 Å². The van der Waals surface area contributed by atoms with Gasteiger partial charge >= 0.3 is 225 Å². The third-order valence-electron chi connectivity index (χ3n) is 9.10. The summed E-state index contributed by atoms with van der Waals surface area (Å²) < 4.78 is 40.0. The van der Waals surface area contributed by atoms with E-state index in [1.165, 1.54) is 4.90 Å². The van der Waals surface area contributed by atoms with Crippen molar-refractivity contribution in [2.24, 2.45) is 29.1 Å². The van der Waals surface area contributed by atoms with Gasteiger partial charge in [0.05, 0.1) is 0 Å². The van der Waals surface area contributed by atoms with Crippen LogP contribution in [0.1, 0.15) is 51.4 Å². The maximum absolute atomic E-state index is 14.0. The standard InChI is InChI=1S/C25H32F3N5O4Se/c26-25(27,28)23(37)32-19(24-7-13-3-14(8-24)5-15(4-13)9-24)22(36)33-12-38-11-18(33)21(35)31-17(10-29)6-16-1-2-30-20(16)34/h13-19H,1-9,11-12H2,(H,30,34)(H,31,35)(H,32,37)/t13?,14?,15?,16-,17-,18-,19+,24?/m0/s1. The van der Waals surface area contributed by atoms with Gasteiger partial charge in [-0.2, -0.15) is 0 Å². The topological polar surface area (TPSA) is 131 Å². The summed E-state index contributed by atoms with van der Waals surface area (Å²) >= 11 is -0.134. The van der Waals surface area contributed by atoms with E-state index >= 15 is 0 Å². The third kappa shape index (κ3) is 5.26. The molecule has 4 bridgehead atoms. The van der Waals surface area contributed by atoms with Crippen LogP contribution in [0.5, 0.6) is 0 Å². The number of halogens is 3. The molecule has 6 fully saturated rings. The van der Waals surface area contributed by atoms with E-state index < -0.39 is 47.4 Å². The SMILES string of the molecule is N#C[C@H](C[C@@H]1CCNC1=O)NC(=O)[C@@H]1C[Se]CN1C(=O)[C@@H](NC(=O)C(F)(F)F)C12CC3CC(CC(C3)C1)C2. The Morgan fingerprint density at radius 1 is 1.13 bits per heavy atom. The molecule has 9 nitrogen and oxygen atoms in total. The molecule has 0 spiro atoms. The van der Waals surface area contributed by atoms with Gasteiger partial charge in [-0.1, -0.05) is 0 Å². The Hall–Kier alpha value is -2.32. The summed E-state index contributed by atoms with van der Waals surface area (Å²) in [6.07, 6.45) is 0.432. The van der Waals surface area contributed by atoms with Crippen LogP contribution in [0.15, 0.2) is 0 Å². The molecule has 2 saturated heterocycles. The van der Waals surface area contributed by atoms with E-state index in [0.717, 1.165) is 19.3 Å². The van der Waals surface area contributed by atoms with Crippen LogP contribution in [0.3, 0.4) is 0 Å². The average molecular weight is 603 g/mol. The Bertz CT molecular complexity index is 1010. The van der Waals surface area contributed by atoms with Crippen molar-refractivity contribution >= 4 is 38.6 Å². The van der Waals surface area contributed by atoms with Crippen molar-refractivity contribution in [3.8, 4) is 6.07 Å². The number of rotatable bonds is 7. The van der Waals surface area contributed by atoms with Crippen molar-refractivity contribution in [2.75, 3.05) is 12.0 Å². The number of alkyl halides is 3.